The first-order valence-electron chi connectivity index (χ1n) is 11.0. The number of benzene rings is 3. The van der Waals surface area contributed by atoms with Crippen molar-refractivity contribution in [1.29, 1.82) is 0 Å². The number of hydrogen-bond donors (Lipinski definition) is 0. The summed E-state index contributed by atoms with van der Waals surface area (Å²) in [5.41, 5.74) is 6.96. The summed E-state index contributed by atoms with van der Waals surface area (Å²) < 4.78 is 3.53. The highest BCUT2D eigenvalue weighted by Gasteiger charge is 2.22. The van der Waals surface area contributed by atoms with Crippen LogP contribution in [0.15, 0.2) is 77.9 Å². The molecule has 3 aromatic carbocycles. The van der Waals surface area contributed by atoms with Crippen molar-refractivity contribution in [3.63, 3.8) is 0 Å². The highest BCUT2D eigenvalue weighted by Crippen LogP contribution is 2.30. The fourth-order valence-electron chi connectivity index (χ4n) is 4.38. The molecule has 0 spiro atoms. The highest BCUT2D eigenvalue weighted by atomic mass is 35.5. The molecule has 0 atom stereocenters. The summed E-state index contributed by atoms with van der Waals surface area (Å²) in [4.78, 5) is 28.3. The van der Waals surface area contributed by atoms with Gasteiger partial charge >= 0.3 is 0 Å². The van der Waals surface area contributed by atoms with Crippen LogP contribution in [0.5, 0.6) is 0 Å². The van der Waals surface area contributed by atoms with E-state index < -0.39 is 0 Å². The normalized spacial score (nSPS) is 11.6. The standard InChI is InChI=1S/C27H20ClN5O/c1-16-11-12-17(2)22(13-16)33-25-23(24-26(33)31-21-10-6-5-9-20(21)30-24)27(34)32(15-29-25)14-18-7-3-4-8-19(18)28/h3-13,15H,14H2,1-2H3. The summed E-state index contributed by atoms with van der Waals surface area (Å²) in [6.45, 7) is 4.40. The molecule has 6 nitrogen and oxygen atoms in total. The molecule has 0 saturated heterocycles. The molecule has 0 radical (unpaired) electrons. The second-order valence-electron chi connectivity index (χ2n) is 8.48. The van der Waals surface area contributed by atoms with Gasteiger partial charge < -0.3 is 0 Å². The third kappa shape index (κ3) is 3.18. The van der Waals surface area contributed by atoms with Gasteiger partial charge in [-0.2, -0.15) is 0 Å². The quantitative estimate of drug-likeness (QED) is 0.341. The minimum atomic E-state index is -0.177. The lowest BCUT2D eigenvalue weighted by Gasteiger charge is -2.11. The highest BCUT2D eigenvalue weighted by molar-refractivity contribution is 6.31. The van der Waals surface area contributed by atoms with Gasteiger partial charge in [0.25, 0.3) is 5.56 Å². The Morgan fingerprint density at radius 2 is 1.62 bits per heavy atom. The van der Waals surface area contributed by atoms with E-state index in [1.807, 2.05) is 66.9 Å². The number of fused-ring (bicyclic) bond motifs is 4. The minimum Gasteiger partial charge on any atom is -0.294 e. The molecule has 7 heteroatoms. The topological polar surface area (TPSA) is 65.6 Å². The zero-order valence-corrected chi connectivity index (χ0v) is 19.4. The van der Waals surface area contributed by atoms with E-state index in [0.717, 1.165) is 33.4 Å². The molecule has 6 aromatic rings. The van der Waals surface area contributed by atoms with Gasteiger partial charge in [0.2, 0.25) is 0 Å². The second kappa shape index (κ2) is 7.78. The van der Waals surface area contributed by atoms with E-state index in [9.17, 15) is 4.79 Å². The third-order valence-electron chi connectivity index (χ3n) is 6.13. The van der Waals surface area contributed by atoms with Crippen molar-refractivity contribution in [3.05, 3.63) is 105 Å². The molecule has 0 bridgehead atoms. The molecule has 0 N–H and O–H groups in total. The number of aromatic nitrogens is 5. The smallest absolute Gasteiger partial charge is 0.265 e. The Morgan fingerprint density at radius 1 is 0.882 bits per heavy atom. The van der Waals surface area contributed by atoms with Crippen molar-refractivity contribution in [1.82, 2.24) is 24.1 Å². The molecular formula is C27H20ClN5O. The summed E-state index contributed by atoms with van der Waals surface area (Å²) in [6.07, 6.45) is 1.58. The van der Waals surface area contributed by atoms with E-state index in [1.54, 1.807) is 10.9 Å². The van der Waals surface area contributed by atoms with Crippen molar-refractivity contribution >= 4 is 44.8 Å². The maximum atomic E-state index is 13.8. The van der Waals surface area contributed by atoms with Gasteiger partial charge in [0.15, 0.2) is 11.3 Å². The monoisotopic (exact) mass is 465 g/mol. The second-order valence-corrected chi connectivity index (χ2v) is 8.88. The number of aryl methyl sites for hydroxylation is 2. The number of halogens is 1. The van der Waals surface area contributed by atoms with Crippen LogP contribution in [0.4, 0.5) is 0 Å². The van der Waals surface area contributed by atoms with E-state index in [-0.39, 0.29) is 5.56 Å². The van der Waals surface area contributed by atoms with Crippen molar-refractivity contribution in [2.45, 2.75) is 20.4 Å². The maximum Gasteiger partial charge on any atom is 0.265 e. The largest absolute Gasteiger partial charge is 0.294 e. The van der Waals surface area contributed by atoms with Crippen LogP contribution in [-0.2, 0) is 6.54 Å². The van der Waals surface area contributed by atoms with E-state index >= 15 is 0 Å². The van der Waals surface area contributed by atoms with Gasteiger partial charge in [-0.3, -0.25) is 13.9 Å². The first-order chi connectivity index (χ1) is 16.5. The van der Waals surface area contributed by atoms with Crippen LogP contribution >= 0.6 is 11.6 Å². The summed E-state index contributed by atoms with van der Waals surface area (Å²) >= 11 is 6.36. The van der Waals surface area contributed by atoms with Gasteiger partial charge in [0.1, 0.15) is 17.2 Å². The Bertz CT molecular complexity index is 1800. The summed E-state index contributed by atoms with van der Waals surface area (Å²) in [5.74, 6) is 0. The van der Waals surface area contributed by atoms with Crippen LogP contribution in [0.1, 0.15) is 16.7 Å². The van der Waals surface area contributed by atoms with Crippen LogP contribution in [-0.4, -0.2) is 24.1 Å². The van der Waals surface area contributed by atoms with Crippen LogP contribution in [0.2, 0.25) is 5.02 Å². The summed E-state index contributed by atoms with van der Waals surface area (Å²) in [6, 6.07) is 21.4. The fourth-order valence-corrected chi connectivity index (χ4v) is 4.58. The first-order valence-corrected chi connectivity index (χ1v) is 11.4. The van der Waals surface area contributed by atoms with Crippen molar-refractivity contribution in [2.75, 3.05) is 0 Å². The van der Waals surface area contributed by atoms with Crippen LogP contribution in [0, 0.1) is 13.8 Å². The molecular weight excluding hydrogens is 446 g/mol. The lowest BCUT2D eigenvalue weighted by Crippen LogP contribution is -2.21. The Kier molecular flexibility index (Phi) is 4.71. The molecule has 0 saturated carbocycles. The van der Waals surface area contributed by atoms with Gasteiger partial charge in [0.05, 0.1) is 23.3 Å². The average Bonchev–Trinajstić information content (AvgIpc) is 3.16. The predicted octanol–water partition coefficient (Wildman–Crippen LogP) is 5.60. The van der Waals surface area contributed by atoms with Gasteiger partial charge in [-0.05, 0) is 54.8 Å². The molecule has 0 aliphatic heterocycles. The average molecular weight is 466 g/mol. The number of hydrogen-bond acceptors (Lipinski definition) is 4. The third-order valence-corrected chi connectivity index (χ3v) is 6.50. The number of para-hydroxylation sites is 2. The van der Waals surface area contributed by atoms with Gasteiger partial charge in [0, 0.05) is 5.02 Å². The van der Waals surface area contributed by atoms with Crippen LogP contribution < -0.4 is 5.56 Å². The molecule has 0 fully saturated rings. The molecule has 3 aromatic heterocycles. The van der Waals surface area contributed by atoms with Gasteiger partial charge in [-0.1, -0.05) is 54.1 Å². The Labute approximate surface area is 200 Å². The minimum absolute atomic E-state index is 0.177. The van der Waals surface area contributed by atoms with Gasteiger partial charge in [-0.15, -0.1) is 0 Å². The van der Waals surface area contributed by atoms with Crippen LogP contribution in [0.3, 0.4) is 0 Å². The Morgan fingerprint density at radius 3 is 2.41 bits per heavy atom. The lowest BCUT2D eigenvalue weighted by molar-refractivity contribution is 0.747. The maximum absolute atomic E-state index is 13.8. The Hall–Kier alpha value is -4.03. The molecule has 6 rings (SSSR count). The van der Waals surface area contributed by atoms with Crippen molar-refractivity contribution < 1.29 is 0 Å². The Balaban J connectivity index is 1.72. The van der Waals surface area contributed by atoms with Crippen molar-refractivity contribution in [2.24, 2.45) is 0 Å². The summed E-state index contributed by atoms with van der Waals surface area (Å²) in [5, 5.41) is 1.06. The zero-order valence-electron chi connectivity index (χ0n) is 18.7. The molecule has 166 valence electrons. The zero-order chi connectivity index (χ0) is 23.4. The SMILES string of the molecule is Cc1ccc(C)c(-n2c3nc4ccccc4nc3c3c(=O)n(Cc4ccccc4Cl)cnc32)c1. The first kappa shape index (κ1) is 20.6. The predicted molar refractivity (Wildman–Crippen MR) is 136 cm³/mol. The number of nitrogens with zero attached hydrogens (tertiary/aromatic N) is 5. The van der Waals surface area contributed by atoms with E-state index in [2.05, 4.69) is 18.2 Å². The number of rotatable bonds is 3. The molecule has 0 amide bonds. The molecule has 0 aliphatic carbocycles. The van der Waals surface area contributed by atoms with Gasteiger partial charge in [-0.25, -0.2) is 15.0 Å². The molecule has 3 heterocycles. The van der Waals surface area contributed by atoms with Crippen molar-refractivity contribution in [3.8, 4) is 5.69 Å². The molecule has 0 aliphatic rings. The summed E-state index contributed by atoms with van der Waals surface area (Å²) in [7, 11) is 0. The van der Waals surface area contributed by atoms with Crippen LogP contribution in [0.25, 0.3) is 38.9 Å². The molecule has 34 heavy (non-hydrogen) atoms. The lowest BCUT2D eigenvalue weighted by atomic mass is 10.1. The van der Waals surface area contributed by atoms with E-state index in [0.29, 0.717) is 33.8 Å². The van der Waals surface area contributed by atoms with E-state index in [4.69, 9.17) is 26.6 Å². The molecule has 0 unspecified atom stereocenters. The van der Waals surface area contributed by atoms with E-state index in [1.165, 1.54) is 0 Å². The fraction of sp³-hybridized carbons (Fsp3) is 0.111.